The van der Waals surface area contributed by atoms with E-state index in [0.29, 0.717) is 21.3 Å². The number of allylic oxidation sites excluding steroid dienone is 1. The van der Waals surface area contributed by atoms with E-state index >= 15 is 0 Å². The topological polar surface area (TPSA) is 82.0 Å². The number of benzene rings is 2. The molecule has 0 radical (unpaired) electrons. The molecule has 2 N–H and O–H groups in total. The monoisotopic (exact) mass is 489 g/mol. The predicted molar refractivity (Wildman–Crippen MR) is 120 cm³/mol. The third-order valence-corrected chi connectivity index (χ3v) is 6.30. The van der Waals surface area contributed by atoms with Crippen molar-refractivity contribution >= 4 is 56.8 Å². The number of hydrogen-bond acceptors (Lipinski definition) is 4. The summed E-state index contributed by atoms with van der Waals surface area (Å²) >= 11 is 10.5. The van der Waals surface area contributed by atoms with Crippen molar-refractivity contribution in [2.24, 2.45) is 0 Å². The van der Waals surface area contributed by atoms with Gasteiger partial charge in [-0.2, -0.15) is 5.26 Å². The summed E-state index contributed by atoms with van der Waals surface area (Å²) in [6.07, 6.45) is 0.178. The largest absolute Gasteiger partial charge is 0.324 e. The Kier molecular flexibility index (Phi) is 7.01. The first kappa shape index (κ1) is 21.4. The van der Waals surface area contributed by atoms with Crippen LogP contribution in [0.5, 0.6) is 0 Å². The van der Waals surface area contributed by atoms with Gasteiger partial charge in [0.2, 0.25) is 11.8 Å². The second kappa shape index (κ2) is 9.49. The second-order valence-electron chi connectivity index (χ2n) is 6.53. The molecule has 0 unspecified atom stereocenters. The van der Waals surface area contributed by atoms with E-state index in [-0.39, 0.29) is 29.9 Å². The molecule has 1 heterocycles. The summed E-state index contributed by atoms with van der Waals surface area (Å²) in [5.41, 5.74) is 3.03. The van der Waals surface area contributed by atoms with Gasteiger partial charge in [-0.05, 0) is 58.2 Å². The van der Waals surface area contributed by atoms with Gasteiger partial charge in [0, 0.05) is 21.8 Å². The number of halogens is 2. The molecule has 29 heavy (non-hydrogen) atoms. The lowest BCUT2D eigenvalue weighted by Crippen LogP contribution is -2.31. The third-order valence-electron chi connectivity index (χ3n) is 4.37. The van der Waals surface area contributed by atoms with Crippen molar-refractivity contribution in [3.63, 3.8) is 0 Å². The number of thioether (sulfide) groups is 1. The summed E-state index contributed by atoms with van der Waals surface area (Å²) in [7, 11) is 0. The molecule has 0 spiro atoms. The van der Waals surface area contributed by atoms with Crippen LogP contribution in [0.2, 0.25) is 5.02 Å². The maximum Gasteiger partial charge on any atom is 0.234 e. The Morgan fingerprint density at radius 1 is 1.34 bits per heavy atom. The summed E-state index contributed by atoms with van der Waals surface area (Å²) in [5.74, 6) is -0.711. The fourth-order valence-corrected chi connectivity index (χ4v) is 4.55. The molecule has 1 aliphatic rings. The molecular formula is C21H17BrClN3O2S. The zero-order valence-electron chi connectivity index (χ0n) is 15.5. The van der Waals surface area contributed by atoms with Gasteiger partial charge >= 0.3 is 0 Å². The van der Waals surface area contributed by atoms with Gasteiger partial charge in [-0.1, -0.05) is 41.6 Å². The van der Waals surface area contributed by atoms with Crippen LogP contribution in [0.4, 0.5) is 5.69 Å². The number of carbonyl (C=O) groups excluding carboxylic acids is 2. The zero-order valence-corrected chi connectivity index (χ0v) is 18.6. The number of nitrogens with one attached hydrogen (secondary N) is 2. The summed E-state index contributed by atoms with van der Waals surface area (Å²) in [6, 6.07) is 14.9. The van der Waals surface area contributed by atoms with Crippen LogP contribution in [0.1, 0.15) is 23.5 Å². The van der Waals surface area contributed by atoms with E-state index in [2.05, 4.69) is 32.6 Å². The van der Waals surface area contributed by atoms with Crippen LogP contribution < -0.4 is 10.6 Å². The van der Waals surface area contributed by atoms with Crippen LogP contribution in [0.25, 0.3) is 0 Å². The average Bonchev–Trinajstić information content (AvgIpc) is 2.68. The van der Waals surface area contributed by atoms with Crippen LogP contribution in [-0.4, -0.2) is 17.6 Å². The highest BCUT2D eigenvalue weighted by atomic mass is 79.9. The van der Waals surface area contributed by atoms with Crippen molar-refractivity contribution in [1.29, 1.82) is 5.26 Å². The minimum atomic E-state index is -0.358. The first-order chi connectivity index (χ1) is 13.9. The van der Waals surface area contributed by atoms with Gasteiger partial charge in [-0.15, -0.1) is 0 Å². The molecule has 0 bridgehead atoms. The summed E-state index contributed by atoms with van der Waals surface area (Å²) in [6.45, 7) is 1.96. The van der Waals surface area contributed by atoms with E-state index < -0.39 is 0 Å². The number of hydrogen-bond donors (Lipinski definition) is 2. The lowest BCUT2D eigenvalue weighted by atomic mass is 9.87. The molecule has 0 fully saturated rings. The van der Waals surface area contributed by atoms with Crippen molar-refractivity contribution in [3.05, 3.63) is 73.7 Å². The smallest absolute Gasteiger partial charge is 0.234 e. The number of nitriles is 1. The lowest BCUT2D eigenvalue weighted by Gasteiger charge is -2.25. The molecule has 2 amide bonds. The van der Waals surface area contributed by atoms with Crippen molar-refractivity contribution in [1.82, 2.24) is 5.32 Å². The molecule has 148 valence electrons. The maximum atomic E-state index is 12.4. The molecule has 0 aromatic heterocycles. The van der Waals surface area contributed by atoms with Crippen LogP contribution in [-0.2, 0) is 9.59 Å². The standard InChI is InChI=1S/C21H17BrClN3O2S/c1-12-2-7-18(17(22)8-12)25-20(28)11-29-21-16(10-24)15(9-19(27)26-21)13-3-5-14(23)6-4-13/h2-8,15H,9,11H2,1H3,(H,25,28)(H,26,27)/t15-/m1/s1. The Balaban J connectivity index is 1.75. The Hall–Kier alpha value is -2.27. The van der Waals surface area contributed by atoms with Crippen molar-refractivity contribution < 1.29 is 9.59 Å². The quantitative estimate of drug-likeness (QED) is 0.609. The van der Waals surface area contributed by atoms with E-state index in [1.54, 1.807) is 12.1 Å². The van der Waals surface area contributed by atoms with Gasteiger partial charge in [0.05, 0.1) is 28.1 Å². The molecule has 0 saturated carbocycles. The van der Waals surface area contributed by atoms with Gasteiger partial charge in [-0.3, -0.25) is 9.59 Å². The molecule has 8 heteroatoms. The molecular weight excluding hydrogens is 474 g/mol. The van der Waals surface area contributed by atoms with Gasteiger partial charge in [0.15, 0.2) is 0 Å². The third kappa shape index (κ3) is 5.41. The van der Waals surface area contributed by atoms with E-state index in [4.69, 9.17) is 11.6 Å². The highest BCUT2D eigenvalue weighted by molar-refractivity contribution is 9.10. The molecule has 3 rings (SSSR count). The van der Waals surface area contributed by atoms with Crippen molar-refractivity contribution in [2.75, 3.05) is 11.1 Å². The maximum absolute atomic E-state index is 12.4. The van der Waals surface area contributed by atoms with E-state index in [0.717, 1.165) is 27.4 Å². The molecule has 5 nitrogen and oxygen atoms in total. The minimum Gasteiger partial charge on any atom is -0.324 e. The van der Waals surface area contributed by atoms with Crippen molar-refractivity contribution in [3.8, 4) is 6.07 Å². The number of amides is 2. The number of carbonyl (C=O) groups is 2. The van der Waals surface area contributed by atoms with Crippen LogP contribution in [0.15, 0.2) is 57.5 Å². The molecule has 0 saturated heterocycles. The van der Waals surface area contributed by atoms with E-state index in [9.17, 15) is 14.9 Å². The SMILES string of the molecule is Cc1ccc(NC(=O)CSC2=C(C#N)[C@@H](c3ccc(Cl)cc3)CC(=O)N2)c(Br)c1. The Bertz CT molecular complexity index is 1030. The van der Waals surface area contributed by atoms with Crippen LogP contribution in [0.3, 0.4) is 0 Å². The highest BCUT2D eigenvalue weighted by Gasteiger charge is 2.29. The van der Waals surface area contributed by atoms with Gasteiger partial charge in [-0.25, -0.2) is 0 Å². The summed E-state index contributed by atoms with van der Waals surface area (Å²) < 4.78 is 0.793. The van der Waals surface area contributed by atoms with Gasteiger partial charge in [0.1, 0.15) is 0 Å². The summed E-state index contributed by atoms with van der Waals surface area (Å²) in [4.78, 5) is 24.6. The van der Waals surface area contributed by atoms with Crippen molar-refractivity contribution in [2.45, 2.75) is 19.3 Å². The second-order valence-corrected chi connectivity index (χ2v) is 8.81. The van der Waals surface area contributed by atoms with Crippen LogP contribution >= 0.6 is 39.3 Å². The Labute approximate surface area is 186 Å². The molecule has 2 aromatic carbocycles. The zero-order chi connectivity index (χ0) is 21.0. The molecule has 0 aliphatic carbocycles. The Morgan fingerprint density at radius 3 is 2.72 bits per heavy atom. The number of nitrogens with zero attached hydrogens (tertiary/aromatic N) is 1. The fourth-order valence-electron chi connectivity index (χ4n) is 2.96. The Morgan fingerprint density at radius 2 is 2.07 bits per heavy atom. The first-order valence-corrected chi connectivity index (χ1v) is 10.9. The average molecular weight is 491 g/mol. The fraction of sp³-hybridized carbons (Fsp3) is 0.190. The van der Waals surface area contributed by atoms with E-state index in [1.165, 1.54) is 0 Å². The molecule has 2 aromatic rings. The number of rotatable bonds is 5. The number of anilines is 1. The summed E-state index contributed by atoms with van der Waals surface area (Å²) in [5, 5.41) is 16.3. The highest BCUT2D eigenvalue weighted by Crippen LogP contribution is 2.36. The van der Waals surface area contributed by atoms with Gasteiger partial charge < -0.3 is 10.6 Å². The van der Waals surface area contributed by atoms with Gasteiger partial charge in [0.25, 0.3) is 0 Å². The minimum absolute atomic E-state index is 0.0639. The van der Waals surface area contributed by atoms with Crippen LogP contribution in [0, 0.1) is 18.3 Å². The number of aryl methyl sites for hydroxylation is 1. The lowest BCUT2D eigenvalue weighted by molar-refractivity contribution is -0.121. The predicted octanol–water partition coefficient (Wildman–Crippen LogP) is 5.12. The molecule has 1 atom stereocenters. The first-order valence-electron chi connectivity index (χ1n) is 8.75. The normalized spacial score (nSPS) is 16.2. The van der Waals surface area contributed by atoms with E-state index in [1.807, 2.05) is 37.3 Å². The molecule has 1 aliphatic heterocycles.